The topological polar surface area (TPSA) is 65.2 Å². The van der Waals surface area contributed by atoms with E-state index in [1.54, 1.807) is 12.1 Å². The van der Waals surface area contributed by atoms with Gasteiger partial charge in [0, 0.05) is 37.9 Å². The second-order valence-electron chi connectivity index (χ2n) is 9.56. The van der Waals surface area contributed by atoms with Crippen LogP contribution in [-0.4, -0.2) is 47.5 Å². The molecule has 0 atom stereocenters. The molecule has 2 radical (unpaired) electrons. The monoisotopic (exact) mass is 469 g/mol. The van der Waals surface area contributed by atoms with Gasteiger partial charge in [-0.15, -0.1) is 0 Å². The maximum Gasteiger partial charge on any atom is 0.279 e. The van der Waals surface area contributed by atoms with E-state index in [1.165, 1.54) is 38.9 Å². The predicted octanol–water partition coefficient (Wildman–Crippen LogP) is 4.66. The number of nitrogens with zero attached hydrogens (tertiary/aromatic N) is 5. The molecule has 1 saturated carbocycles. The molecule has 0 spiro atoms. The normalized spacial score (nSPS) is 19.1. The van der Waals surface area contributed by atoms with Crippen LogP contribution in [0.15, 0.2) is 24.5 Å². The summed E-state index contributed by atoms with van der Waals surface area (Å²) in [6.07, 6.45) is 7.56. The van der Waals surface area contributed by atoms with Crippen LogP contribution in [-0.2, 0) is 12.9 Å². The minimum absolute atomic E-state index is 0.332. The van der Waals surface area contributed by atoms with Gasteiger partial charge in [0.15, 0.2) is 13.5 Å². The third-order valence-corrected chi connectivity index (χ3v) is 6.94. The summed E-state index contributed by atoms with van der Waals surface area (Å²) in [4.78, 5) is 14.4. The average Bonchev–Trinajstić information content (AvgIpc) is 3.40. The van der Waals surface area contributed by atoms with Crippen LogP contribution in [0.5, 0.6) is 5.75 Å². The van der Waals surface area contributed by atoms with E-state index in [4.69, 9.17) is 17.7 Å². The molecule has 34 heavy (non-hydrogen) atoms. The third-order valence-electron chi connectivity index (χ3n) is 6.94. The van der Waals surface area contributed by atoms with Crippen molar-refractivity contribution in [2.75, 3.05) is 19.1 Å². The molecule has 0 unspecified atom stereocenters. The fourth-order valence-corrected chi connectivity index (χ4v) is 4.86. The Kier molecular flexibility index (Phi) is 6.44. The number of ether oxygens (including phenoxy) is 1. The highest BCUT2D eigenvalue weighted by molar-refractivity contribution is 6.15. The van der Waals surface area contributed by atoms with Crippen molar-refractivity contribution in [2.24, 2.45) is 18.9 Å². The summed E-state index contributed by atoms with van der Waals surface area (Å²) in [5, 5.41) is 9.54. The van der Waals surface area contributed by atoms with E-state index in [-0.39, 0.29) is 0 Å². The first-order valence-electron chi connectivity index (χ1n) is 11.5. The quantitative estimate of drug-likeness (QED) is 0.493. The Bertz CT molecular complexity index is 1190. The van der Waals surface area contributed by atoms with Gasteiger partial charge in [0.1, 0.15) is 5.75 Å². The van der Waals surface area contributed by atoms with Gasteiger partial charge in [-0.3, -0.25) is 14.2 Å². The first-order valence-corrected chi connectivity index (χ1v) is 11.5. The van der Waals surface area contributed by atoms with E-state index >= 15 is 0 Å². The van der Waals surface area contributed by atoms with E-state index in [0.717, 1.165) is 40.5 Å². The van der Waals surface area contributed by atoms with Crippen LogP contribution in [0.4, 0.5) is 14.5 Å². The molecule has 0 aliphatic heterocycles. The van der Waals surface area contributed by atoms with Gasteiger partial charge in [-0.1, -0.05) is 13.8 Å². The van der Waals surface area contributed by atoms with Crippen LogP contribution in [0, 0.1) is 11.8 Å². The maximum atomic E-state index is 13.9. The van der Waals surface area contributed by atoms with Gasteiger partial charge >= 0.3 is 0 Å². The van der Waals surface area contributed by atoms with Gasteiger partial charge in [0.25, 0.3) is 5.91 Å². The number of carbonyl (C=O) groups is 1. The van der Waals surface area contributed by atoms with E-state index in [9.17, 15) is 13.6 Å². The number of carbonyl (C=O) groups excluding carboxylic acids is 1. The number of fused-ring (bicyclic) bond motifs is 1. The number of hydrogen-bond acceptors (Lipinski definition) is 4. The van der Waals surface area contributed by atoms with Gasteiger partial charge in [-0.2, -0.15) is 10.2 Å². The SMILES string of the molecule is [B]C(F)(F)c1cn(C)nc1C(=O)N(C)c1cc2cn(C3CCC(C(C)C)CC3)nc2cc1OC. The van der Waals surface area contributed by atoms with Crippen LogP contribution < -0.4 is 9.64 Å². The van der Waals surface area contributed by atoms with E-state index < -0.39 is 23.0 Å². The first-order chi connectivity index (χ1) is 16.0. The van der Waals surface area contributed by atoms with E-state index in [1.807, 2.05) is 10.9 Å². The van der Waals surface area contributed by atoms with Crippen molar-refractivity contribution in [3.8, 4) is 5.75 Å². The number of hydrogen-bond donors (Lipinski definition) is 0. The summed E-state index contributed by atoms with van der Waals surface area (Å²) < 4.78 is 36.4. The van der Waals surface area contributed by atoms with Crippen LogP contribution in [0.3, 0.4) is 0 Å². The zero-order chi connectivity index (χ0) is 24.8. The molecule has 0 N–H and O–H groups in total. The molecule has 4 rings (SSSR count). The summed E-state index contributed by atoms with van der Waals surface area (Å²) in [7, 11) is 9.43. The highest BCUT2D eigenvalue weighted by Gasteiger charge is 2.34. The Morgan fingerprint density at radius 2 is 1.88 bits per heavy atom. The molecule has 1 aliphatic rings. The fraction of sp³-hybridized carbons (Fsp3) is 0.542. The van der Waals surface area contributed by atoms with Crippen molar-refractivity contribution in [3.63, 3.8) is 0 Å². The maximum absolute atomic E-state index is 13.9. The molecule has 10 heteroatoms. The van der Waals surface area contributed by atoms with Crippen molar-refractivity contribution in [3.05, 3.63) is 35.8 Å². The molecule has 1 aliphatic carbocycles. The minimum atomic E-state index is -3.69. The number of aryl methyl sites for hydroxylation is 1. The minimum Gasteiger partial charge on any atom is -0.494 e. The molecule has 0 bridgehead atoms. The highest BCUT2D eigenvalue weighted by atomic mass is 19.3. The summed E-state index contributed by atoms with van der Waals surface area (Å²) in [6.45, 7) is 4.56. The lowest BCUT2D eigenvalue weighted by Crippen LogP contribution is -2.29. The number of aromatic nitrogens is 4. The molecular weight excluding hydrogens is 439 g/mol. The zero-order valence-electron chi connectivity index (χ0n) is 20.3. The number of amides is 1. The van der Waals surface area contributed by atoms with Crippen molar-refractivity contribution >= 4 is 30.3 Å². The van der Waals surface area contributed by atoms with Crippen molar-refractivity contribution < 1.29 is 18.3 Å². The molecule has 2 aromatic heterocycles. The largest absolute Gasteiger partial charge is 0.494 e. The number of benzene rings is 1. The molecule has 180 valence electrons. The summed E-state index contributed by atoms with van der Waals surface area (Å²) in [5.74, 6) is -2.54. The van der Waals surface area contributed by atoms with E-state index in [2.05, 4.69) is 18.9 Å². The second kappa shape index (κ2) is 9.04. The Labute approximate surface area is 199 Å². The average molecular weight is 469 g/mol. The zero-order valence-corrected chi connectivity index (χ0v) is 20.3. The van der Waals surface area contributed by atoms with Gasteiger partial charge in [0.05, 0.1) is 29.9 Å². The lowest BCUT2D eigenvalue weighted by molar-refractivity contribution is 0.0872. The number of halogens is 2. The standard InChI is InChI=1S/C24H30BF2N5O2/c1-14(2)15-6-8-17(9-7-15)32-12-16-10-20(21(34-5)11-19(16)28-32)31(4)23(33)22-18(24(25,26)27)13-30(3)29-22/h10-15,17H,6-9H2,1-5H3. The summed E-state index contributed by atoms with van der Waals surface area (Å²) in [5.41, 5.74) is 0.147. The van der Waals surface area contributed by atoms with Crippen molar-refractivity contribution in [1.29, 1.82) is 0 Å². The molecule has 0 saturated heterocycles. The van der Waals surface area contributed by atoms with Gasteiger partial charge in [0.2, 0.25) is 5.82 Å². The Balaban J connectivity index is 1.65. The fourth-order valence-electron chi connectivity index (χ4n) is 4.86. The van der Waals surface area contributed by atoms with Gasteiger partial charge in [-0.05, 0) is 43.6 Å². The second-order valence-corrected chi connectivity index (χ2v) is 9.56. The number of anilines is 1. The Morgan fingerprint density at radius 1 is 1.21 bits per heavy atom. The molecule has 7 nitrogen and oxygen atoms in total. The molecule has 2 heterocycles. The Hall–Kier alpha value is -2.91. The number of alkyl halides is 2. The molecule has 1 amide bonds. The number of rotatable bonds is 6. The highest BCUT2D eigenvalue weighted by Crippen LogP contribution is 2.38. The Morgan fingerprint density at radius 3 is 2.47 bits per heavy atom. The lowest BCUT2D eigenvalue weighted by Gasteiger charge is -2.30. The molecule has 3 aromatic rings. The van der Waals surface area contributed by atoms with Crippen molar-refractivity contribution in [2.45, 2.75) is 51.4 Å². The van der Waals surface area contributed by atoms with Gasteiger partial charge < -0.3 is 9.64 Å². The van der Waals surface area contributed by atoms with Crippen molar-refractivity contribution in [1.82, 2.24) is 19.6 Å². The molecule has 1 fully saturated rings. The molecular formula is C24H30BF2N5O2. The van der Waals surface area contributed by atoms with Crippen LogP contribution in [0.2, 0.25) is 0 Å². The smallest absolute Gasteiger partial charge is 0.279 e. The lowest BCUT2D eigenvalue weighted by atomic mass is 9.80. The summed E-state index contributed by atoms with van der Waals surface area (Å²) >= 11 is 0. The van der Waals surface area contributed by atoms with E-state index in [0.29, 0.717) is 23.4 Å². The first kappa shape index (κ1) is 24.2. The van der Waals surface area contributed by atoms with Gasteiger partial charge in [-0.25, -0.2) is 8.78 Å². The number of methoxy groups -OCH3 is 1. The summed E-state index contributed by atoms with van der Waals surface area (Å²) in [6, 6.07) is 3.89. The van der Waals surface area contributed by atoms with Crippen LogP contribution in [0.25, 0.3) is 10.9 Å². The third kappa shape index (κ3) is 4.54. The molecule has 1 aromatic carbocycles. The predicted molar refractivity (Wildman–Crippen MR) is 128 cm³/mol. The van der Waals surface area contributed by atoms with Crippen LogP contribution in [0.1, 0.15) is 61.6 Å². The van der Waals surface area contributed by atoms with Crippen LogP contribution >= 0.6 is 0 Å².